The second-order valence-electron chi connectivity index (χ2n) is 11.1. The summed E-state index contributed by atoms with van der Waals surface area (Å²) in [6, 6.07) is 50.1. The van der Waals surface area contributed by atoms with Gasteiger partial charge in [0.15, 0.2) is 0 Å². The van der Waals surface area contributed by atoms with Crippen molar-refractivity contribution in [1.29, 1.82) is 5.41 Å². The predicted octanol–water partition coefficient (Wildman–Crippen LogP) is 11.6. The van der Waals surface area contributed by atoms with Crippen molar-refractivity contribution < 1.29 is 0 Å². The van der Waals surface area contributed by atoms with Gasteiger partial charge in [-0.3, -0.25) is 0 Å². The van der Waals surface area contributed by atoms with Crippen LogP contribution >= 0.6 is 0 Å². The van der Waals surface area contributed by atoms with Gasteiger partial charge in [0, 0.05) is 0 Å². The van der Waals surface area contributed by atoms with Gasteiger partial charge in [-0.05, 0) is 102 Å². The van der Waals surface area contributed by atoms with Gasteiger partial charge < -0.3 is 5.41 Å². The summed E-state index contributed by atoms with van der Waals surface area (Å²) < 4.78 is 0. The molecule has 0 aliphatic rings. The topological polar surface area (TPSA) is 23.9 Å². The Labute approximate surface area is 252 Å². The molecule has 0 bridgehead atoms. The number of hydrogen-bond donors (Lipinski definition) is 1. The minimum absolute atomic E-state index is 0.491. The molecule has 7 aromatic rings. The number of hydrogen-bond acceptors (Lipinski definition) is 1. The van der Waals surface area contributed by atoms with Crippen LogP contribution in [0.25, 0.3) is 65.7 Å². The second kappa shape index (κ2) is 11.0. The normalized spacial score (nSPS) is 11.7. The number of benzene rings is 7. The third-order valence-corrected chi connectivity index (χ3v) is 8.35. The zero-order chi connectivity index (χ0) is 29.3. The Bertz CT molecular complexity index is 2140. The van der Waals surface area contributed by atoms with E-state index in [0.29, 0.717) is 5.71 Å². The van der Waals surface area contributed by atoms with Crippen molar-refractivity contribution >= 4 is 38.0 Å². The van der Waals surface area contributed by atoms with Crippen molar-refractivity contribution in [3.63, 3.8) is 0 Å². The fraction of sp³-hybridized carbons (Fsp3) is 0.0238. The van der Waals surface area contributed by atoms with Crippen LogP contribution in [-0.2, 0) is 0 Å². The van der Waals surface area contributed by atoms with Crippen molar-refractivity contribution in [2.75, 3.05) is 0 Å². The molecule has 0 fully saturated rings. The summed E-state index contributed by atoms with van der Waals surface area (Å²) in [6.07, 6.45) is 3.62. The largest absolute Gasteiger partial charge is 0.300 e. The maximum Gasteiger partial charge on any atom is 0.0614 e. The Balaban J connectivity index is 1.37. The molecule has 1 N–H and O–H groups in total. The minimum atomic E-state index is 0.491. The fourth-order valence-electron chi connectivity index (χ4n) is 6.15. The highest BCUT2D eigenvalue weighted by Gasteiger charge is 2.16. The monoisotopic (exact) mass is 549 g/mol. The van der Waals surface area contributed by atoms with Gasteiger partial charge in [0.05, 0.1) is 5.71 Å². The zero-order valence-corrected chi connectivity index (χ0v) is 24.1. The first kappa shape index (κ1) is 26.4. The maximum atomic E-state index is 8.40. The van der Waals surface area contributed by atoms with Crippen LogP contribution in [0.5, 0.6) is 0 Å². The number of allylic oxidation sites excluding steroid dienone is 3. The number of nitrogens with one attached hydrogen (secondary N) is 1. The molecule has 0 spiro atoms. The van der Waals surface area contributed by atoms with Crippen LogP contribution in [0.4, 0.5) is 0 Å². The summed E-state index contributed by atoms with van der Waals surface area (Å²) in [7, 11) is 0. The summed E-state index contributed by atoms with van der Waals surface area (Å²) in [4.78, 5) is 0. The molecule has 204 valence electrons. The fourth-order valence-corrected chi connectivity index (χ4v) is 6.15. The molecule has 43 heavy (non-hydrogen) atoms. The van der Waals surface area contributed by atoms with E-state index in [1.807, 2.05) is 25.1 Å². The Morgan fingerprint density at radius 2 is 1.00 bits per heavy atom. The van der Waals surface area contributed by atoms with Gasteiger partial charge in [-0.2, -0.15) is 0 Å². The van der Waals surface area contributed by atoms with E-state index >= 15 is 0 Å². The standard InChI is InChI=1S/C42H31N/c1-3-28(2)25-40(43)31-21-17-29(18-22-31)33-23-19-30-20-24-34(27-35(30)26-33)42-38-15-9-7-13-36(38)41(32-11-5-4-6-12-32)37-14-8-10-16-39(37)42/h3-27,43H,1H2,2H3/b28-25-,43-40?. The zero-order valence-electron chi connectivity index (χ0n) is 24.1. The Morgan fingerprint density at radius 1 is 0.512 bits per heavy atom. The summed E-state index contributed by atoms with van der Waals surface area (Å²) in [6.45, 7) is 5.75. The molecule has 0 aromatic heterocycles. The molecule has 0 saturated carbocycles. The third-order valence-electron chi connectivity index (χ3n) is 8.35. The molecule has 0 saturated heterocycles. The van der Waals surface area contributed by atoms with Crippen LogP contribution < -0.4 is 0 Å². The molecule has 0 atom stereocenters. The summed E-state index contributed by atoms with van der Waals surface area (Å²) in [5.41, 5.74) is 9.66. The van der Waals surface area contributed by atoms with Crippen molar-refractivity contribution in [3.8, 4) is 33.4 Å². The average Bonchev–Trinajstić information content (AvgIpc) is 3.07. The van der Waals surface area contributed by atoms with E-state index < -0.39 is 0 Å². The van der Waals surface area contributed by atoms with Gasteiger partial charge in [0.25, 0.3) is 0 Å². The highest BCUT2D eigenvalue weighted by atomic mass is 14.4. The van der Waals surface area contributed by atoms with Crippen molar-refractivity contribution in [1.82, 2.24) is 0 Å². The predicted molar refractivity (Wildman–Crippen MR) is 186 cm³/mol. The molecule has 0 unspecified atom stereocenters. The van der Waals surface area contributed by atoms with Crippen LogP contribution in [-0.4, -0.2) is 5.71 Å². The molecule has 1 heteroatoms. The van der Waals surface area contributed by atoms with Gasteiger partial charge in [-0.15, -0.1) is 0 Å². The van der Waals surface area contributed by atoms with Gasteiger partial charge >= 0.3 is 0 Å². The quantitative estimate of drug-likeness (QED) is 0.121. The van der Waals surface area contributed by atoms with Gasteiger partial charge in [0.1, 0.15) is 0 Å². The molecular formula is C42H31N. The molecule has 0 radical (unpaired) electrons. The number of rotatable bonds is 6. The highest BCUT2D eigenvalue weighted by Crippen LogP contribution is 2.44. The highest BCUT2D eigenvalue weighted by molar-refractivity contribution is 6.21. The first-order chi connectivity index (χ1) is 21.1. The maximum absolute atomic E-state index is 8.40. The van der Waals surface area contributed by atoms with E-state index in [1.165, 1.54) is 54.6 Å². The molecule has 0 aliphatic carbocycles. The lowest BCUT2D eigenvalue weighted by Crippen LogP contribution is -1.95. The van der Waals surface area contributed by atoms with Crippen LogP contribution in [0.3, 0.4) is 0 Å². The van der Waals surface area contributed by atoms with Crippen molar-refractivity contribution in [2.24, 2.45) is 0 Å². The van der Waals surface area contributed by atoms with E-state index in [2.05, 4.69) is 134 Å². The van der Waals surface area contributed by atoms with E-state index in [1.54, 1.807) is 6.08 Å². The van der Waals surface area contributed by atoms with Gasteiger partial charge in [-0.25, -0.2) is 0 Å². The Kier molecular flexibility index (Phi) is 6.77. The molecule has 0 heterocycles. The van der Waals surface area contributed by atoms with E-state index in [-0.39, 0.29) is 0 Å². The number of fused-ring (bicyclic) bond motifs is 3. The van der Waals surface area contributed by atoms with Crippen LogP contribution in [0.2, 0.25) is 0 Å². The molecular weight excluding hydrogens is 518 g/mol. The lowest BCUT2D eigenvalue weighted by Gasteiger charge is -2.18. The summed E-state index contributed by atoms with van der Waals surface area (Å²) in [5, 5.41) is 15.9. The minimum Gasteiger partial charge on any atom is -0.300 e. The average molecular weight is 550 g/mol. The lowest BCUT2D eigenvalue weighted by molar-refractivity contribution is 1.46. The summed E-state index contributed by atoms with van der Waals surface area (Å²) in [5.74, 6) is 0. The molecule has 1 nitrogen and oxygen atoms in total. The molecule has 0 amide bonds. The molecule has 7 aromatic carbocycles. The first-order valence-corrected chi connectivity index (χ1v) is 14.6. The van der Waals surface area contributed by atoms with E-state index in [9.17, 15) is 0 Å². The van der Waals surface area contributed by atoms with E-state index in [4.69, 9.17) is 5.41 Å². The van der Waals surface area contributed by atoms with Crippen LogP contribution in [0.1, 0.15) is 12.5 Å². The van der Waals surface area contributed by atoms with Crippen LogP contribution in [0.15, 0.2) is 164 Å². The Morgan fingerprint density at radius 3 is 1.58 bits per heavy atom. The second-order valence-corrected chi connectivity index (χ2v) is 11.1. The van der Waals surface area contributed by atoms with Crippen molar-refractivity contribution in [3.05, 3.63) is 169 Å². The van der Waals surface area contributed by atoms with Gasteiger partial charge in [0.2, 0.25) is 0 Å². The third kappa shape index (κ3) is 4.86. The Hall–Kier alpha value is -5.53. The van der Waals surface area contributed by atoms with E-state index in [0.717, 1.165) is 22.3 Å². The van der Waals surface area contributed by atoms with Crippen molar-refractivity contribution in [2.45, 2.75) is 6.92 Å². The van der Waals surface area contributed by atoms with Crippen LogP contribution in [0, 0.1) is 5.41 Å². The SMILES string of the molecule is C=C/C(C)=C\C(=N)c1ccc(-c2ccc3ccc(-c4c5ccccc5c(-c5ccccc5)c5ccccc45)cc3c2)cc1. The van der Waals surface area contributed by atoms with Gasteiger partial charge in [-0.1, -0.05) is 140 Å². The summed E-state index contributed by atoms with van der Waals surface area (Å²) >= 11 is 0. The lowest BCUT2D eigenvalue weighted by atomic mass is 9.85. The first-order valence-electron chi connectivity index (χ1n) is 14.6. The smallest absolute Gasteiger partial charge is 0.0614 e. The molecule has 0 aliphatic heterocycles. The molecule has 7 rings (SSSR count).